The molecule has 1 saturated carbocycles. The molecule has 2 aliphatic heterocycles. The summed E-state index contributed by atoms with van der Waals surface area (Å²) in [7, 11) is 0. The minimum atomic E-state index is -4.48. The first-order chi connectivity index (χ1) is 15.2. The maximum Gasteiger partial charge on any atom is 0.416 e. The minimum Gasteiger partial charge on any atom is -0.449 e. The van der Waals surface area contributed by atoms with Gasteiger partial charge in [0.15, 0.2) is 0 Å². The molecule has 1 atom stereocenters. The van der Waals surface area contributed by atoms with Gasteiger partial charge in [-0.3, -0.25) is 4.79 Å². The Labute approximate surface area is 182 Å². The second-order valence-corrected chi connectivity index (χ2v) is 8.88. The summed E-state index contributed by atoms with van der Waals surface area (Å²) in [6.45, 7) is 0.726. The van der Waals surface area contributed by atoms with Crippen LogP contribution in [0.5, 0.6) is 0 Å². The third-order valence-corrected chi connectivity index (χ3v) is 6.84. The van der Waals surface area contributed by atoms with Crippen molar-refractivity contribution < 1.29 is 37.0 Å². The lowest BCUT2D eigenvalue weighted by Crippen LogP contribution is -2.38. The van der Waals surface area contributed by atoms with Gasteiger partial charge in [-0.05, 0) is 56.2 Å². The summed E-state index contributed by atoms with van der Waals surface area (Å²) in [6.07, 6.45) is -0.226. The summed E-state index contributed by atoms with van der Waals surface area (Å²) in [5.74, 6) is 0.0648. The number of ether oxygens (including phenoxy) is 2. The van der Waals surface area contributed by atoms with Crippen LogP contribution >= 0.6 is 0 Å². The van der Waals surface area contributed by atoms with E-state index in [-0.39, 0.29) is 11.3 Å². The zero-order valence-corrected chi connectivity index (χ0v) is 17.4. The van der Waals surface area contributed by atoms with Crippen LogP contribution in [-0.2, 0) is 15.7 Å². The molecule has 2 fully saturated rings. The fraction of sp³-hybridized carbons (Fsp3) is 0.591. The van der Waals surface area contributed by atoms with E-state index >= 15 is 0 Å². The fourth-order valence-corrected chi connectivity index (χ4v) is 5.05. The van der Waals surface area contributed by atoms with Crippen LogP contribution in [0, 0.1) is 5.92 Å². The number of fused-ring (bicyclic) bond motifs is 3. The standard InChI is InChI=1S/C22H25F3N2O5/c23-22(24,25)14-1-2-16-15(11-14)17-18(31-16)19(28)26-8-10-27(17)9-5-13-3-6-21(7-4-13)12-30-20(29)32-21/h1-2,11,13,20,29H,3-10,12H2,(H,26,28). The maximum atomic E-state index is 13.3. The summed E-state index contributed by atoms with van der Waals surface area (Å²) >= 11 is 0. The predicted molar refractivity (Wildman–Crippen MR) is 108 cm³/mol. The molecule has 1 spiro atoms. The summed E-state index contributed by atoms with van der Waals surface area (Å²) < 4.78 is 56.3. The number of nitrogens with zero attached hydrogens (tertiary/aromatic N) is 1. The molecule has 1 amide bonds. The topological polar surface area (TPSA) is 84.2 Å². The molecule has 32 heavy (non-hydrogen) atoms. The first kappa shape index (κ1) is 21.5. The number of carbonyl (C=O) groups excluding carboxylic acids is 1. The number of aliphatic hydroxyl groups is 1. The second kappa shape index (κ2) is 7.93. The average Bonchev–Trinajstić information content (AvgIpc) is 3.26. The number of alkyl halides is 3. The average molecular weight is 454 g/mol. The fourth-order valence-electron chi connectivity index (χ4n) is 5.05. The molecule has 1 aromatic carbocycles. The number of aliphatic hydroxyl groups excluding tert-OH is 1. The van der Waals surface area contributed by atoms with Crippen molar-refractivity contribution in [1.29, 1.82) is 0 Å². The highest BCUT2D eigenvalue weighted by Crippen LogP contribution is 2.42. The van der Waals surface area contributed by atoms with Gasteiger partial charge in [-0.2, -0.15) is 13.2 Å². The molecule has 174 valence electrons. The zero-order chi connectivity index (χ0) is 22.5. The molecule has 1 aromatic heterocycles. The highest BCUT2D eigenvalue weighted by Gasteiger charge is 2.43. The molecule has 2 N–H and O–H groups in total. The minimum absolute atomic E-state index is 0.0601. The van der Waals surface area contributed by atoms with Crippen LogP contribution in [0.1, 0.15) is 48.2 Å². The monoisotopic (exact) mass is 454 g/mol. The van der Waals surface area contributed by atoms with E-state index in [1.165, 1.54) is 6.07 Å². The van der Waals surface area contributed by atoms with E-state index in [0.29, 0.717) is 43.2 Å². The van der Waals surface area contributed by atoms with Crippen molar-refractivity contribution in [3.8, 4) is 0 Å². The molecular weight excluding hydrogens is 429 g/mol. The Morgan fingerprint density at radius 3 is 2.72 bits per heavy atom. The van der Waals surface area contributed by atoms with Gasteiger partial charge in [0.25, 0.3) is 12.4 Å². The highest BCUT2D eigenvalue weighted by atomic mass is 19.4. The second-order valence-electron chi connectivity index (χ2n) is 8.88. The molecule has 3 heterocycles. The predicted octanol–water partition coefficient (Wildman–Crippen LogP) is 3.64. The Morgan fingerprint density at radius 2 is 2.03 bits per heavy atom. The van der Waals surface area contributed by atoms with Crippen LogP contribution in [0.4, 0.5) is 18.9 Å². The molecule has 7 nitrogen and oxygen atoms in total. The van der Waals surface area contributed by atoms with Crippen molar-refractivity contribution in [2.24, 2.45) is 5.92 Å². The summed E-state index contributed by atoms with van der Waals surface area (Å²) in [5, 5.41) is 12.6. The molecule has 3 aliphatic rings. The number of anilines is 1. The van der Waals surface area contributed by atoms with E-state index in [1.807, 2.05) is 4.90 Å². The van der Waals surface area contributed by atoms with Crippen molar-refractivity contribution in [3.63, 3.8) is 0 Å². The number of halogens is 3. The van der Waals surface area contributed by atoms with Crippen LogP contribution in [0.3, 0.4) is 0 Å². The Hall–Kier alpha value is -2.30. The first-order valence-electron chi connectivity index (χ1n) is 10.9. The van der Waals surface area contributed by atoms with Gasteiger partial charge in [0.1, 0.15) is 5.58 Å². The molecule has 5 rings (SSSR count). The smallest absolute Gasteiger partial charge is 0.416 e. The zero-order valence-electron chi connectivity index (χ0n) is 17.4. The van der Waals surface area contributed by atoms with Crippen LogP contribution in [0.15, 0.2) is 22.6 Å². The van der Waals surface area contributed by atoms with Crippen molar-refractivity contribution in [3.05, 3.63) is 29.5 Å². The van der Waals surface area contributed by atoms with Gasteiger partial charge in [-0.25, -0.2) is 0 Å². The molecule has 0 radical (unpaired) electrons. The van der Waals surface area contributed by atoms with Gasteiger partial charge in [0, 0.05) is 25.0 Å². The van der Waals surface area contributed by atoms with Crippen LogP contribution in [-0.4, -0.2) is 49.3 Å². The lowest BCUT2D eigenvalue weighted by atomic mass is 9.78. The van der Waals surface area contributed by atoms with E-state index < -0.39 is 29.7 Å². The van der Waals surface area contributed by atoms with Gasteiger partial charge in [0.2, 0.25) is 5.76 Å². The highest BCUT2D eigenvalue weighted by molar-refractivity contribution is 6.07. The van der Waals surface area contributed by atoms with E-state index in [4.69, 9.17) is 13.9 Å². The summed E-state index contributed by atoms with van der Waals surface area (Å²) in [6, 6.07) is 3.31. The molecule has 2 aromatic rings. The molecule has 0 bridgehead atoms. The lowest BCUT2D eigenvalue weighted by molar-refractivity contribution is -0.224. The third kappa shape index (κ3) is 3.95. The van der Waals surface area contributed by atoms with Crippen LogP contribution in [0.25, 0.3) is 11.0 Å². The number of carbonyl (C=O) groups is 1. The Kier molecular flexibility index (Phi) is 5.34. The van der Waals surface area contributed by atoms with Crippen molar-refractivity contribution in [1.82, 2.24) is 5.32 Å². The molecule has 1 unspecified atom stereocenters. The van der Waals surface area contributed by atoms with E-state index in [1.54, 1.807) is 0 Å². The number of nitrogens with one attached hydrogen (secondary N) is 1. The third-order valence-electron chi connectivity index (χ3n) is 6.84. The first-order valence-corrected chi connectivity index (χ1v) is 10.9. The van der Waals surface area contributed by atoms with Crippen LogP contribution < -0.4 is 10.2 Å². The molecule has 1 aliphatic carbocycles. The van der Waals surface area contributed by atoms with E-state index in [9.17, 15) is 23.1 Å². The Morgan fingerprint density at radius 1 is 1.25 bits per heavy atom. The van der Waals surface area contributed by atoms with Gasteiger partial charge >= 0.3 is 6.18 Å². The number of amides is 1. The lowest BCUT2D eigenvalue weighted by Gasteiger charge is -2.36. The Balaban J connectivity index is 1.35. The van der Waals surface area contributed by atoms with Gasteiger partial charge in [-0.1, -0.05) is 0 Å². The van der Waals surface area contributed by atoms with Crippen molar-refractivity contribution >= 4 is 22.6 Å². The summed E-state index contributed by atoms with van der Waals surface area (Å²) in [4.78, 5) is 14.4. The van der Waals surface area contributed by atoms with Crippen molar-refractivity contribution in [2.75, 3.05) is 31.1 Å². The van der Waals surface area contributed by atoms with Gasteiger partial charge in [-0.15, -0.1) is 0 Å². The van der Waals surface area contributed by atoms with Gasteiger partial charge in [0.05, 0.1) is 23.5 Å². The molecule has 10 heteroatoms. The van der Waals surface area contributed by atoms with Gasteiger partial charge < -0.3 is 29.2 Å². The number of furan rings is 1. The number of hydrogen-bond acceptors (Lipinski definition) is 6. The molecule has 1 saturated heterocycles. The van der Waals surface area contributed by atoms with Crippen LogP contribution in [0.2, 0.25) is 0 Å². The van der Waals surface area contributed by atoms with Crippen molar-refractivity contribution in [2.45, 2.75) is 50.4 Å². The SMILES string of the molecule is O=C1NCCN(CCC2CCC3(CC2)COC(O)O3)c2c1oc1ccc(C(F)(F)F)cc21. The Bertz CT molecular complexity index is 1010. The number of hydrogen-bond donors (Lipinski definition) is 2. The van der Waals surface area contributed by atoms with E-state index in [0.717, 1.165) is 44.2 Å². The quantitative estimate of drug-likeness (QED) is 0.737. The molecular formula is C22H25F3N2O5. The number of rotatable bonds is 3. The number of benzene rings is 1. The van der Waals surface area contributed by atoms with E-state index in [2.05, 4.69) is 5.32 Å². The normalized spacial score (nSPS) is 28.8. The maximum absolute atomic E-state index is 13.3. The largest absolute Gasteiger partial charge is 0.449 e. The summed E-state index contributed by atoms with van der Waals surface area (Å²) in [5.41, 5.74) is -0.473.